The van der Waals surface area contributed by atoms with Gasteiger partial charge in [0, 0.05) is 6.54 Å². The standard InChI is InChI=1S/C9H20N2O/c1-4-5-6-11-9(12)8(10)7(2)3/h7-8H,4-6,10H2,1-3H3,(H,11,12). The summed E-state index contributed by atoms with van der Waals surface area (Å²) in [6.45, 7) is 6.73. The summed E-state index contributed by atoms with van der Waals surface area (Å²) in [6, 6.07) is -0.359. The number of nitrogens with two attached hydrogens (primary N) is 1. The summed E-state index contributed by atoms with van der Waals surface area (Å²) in [7, 11) is 0. The highest BCUT2D eigenvalue weighted by molar-refractivity contribution is 5.81. The van der Waals surface area contributed by atoms with Crippen LogP contribution in [0.2, 0.25) is 0 Å². The van der Waals surface area contributed by atoms with E-state index in [1.165, 1.54) is 0 Å². The molecular formula is C9H20N2O. The lowest BCUT2D eigenvalue weighted by molar-refractivity contribution is -0.123. The molecule has 0 bridgehead atoms. The van der Waals surface area contributed by atoms with Gasteiger partial charge in [0.1, 0.15) is 0 Å². The highest BCUT2D eigenvalue weighted by atomic mass is 16.2. The van der Waals surface area contributed by atoms with Crippen molar-refractivity contribution in [1.29, 1.82) is 0 Å². The number of carbonyl (C=O) groups is 1. The van der Waals surface area contributed by atoms with Crippen LogP contribution in [-0.2, 0) is 4.79 Å². The van der Waals surface area contributed by atoms with Crippen molar-refractivity contribution >= 4 is 5.91 Å². The summed E-state index contributed by atoms with van der Waals surface area (Å²) in [5, 5.41) is 2.80. The van der Waals surface area contributed by atoms with Crippen molar-refractivity contribution in [3.05, 3.63) is 0 Å². The fourth-order valence-corrected chi connectivity index (χ4v) is 0.809. The molecule has 3 N–H and O–H groups in total. The van der Waals surface area contributed by atoms with Crippen LogP contribution in [-0.4, -0.2) is 18.5 Å². The topological polar surface area (TPSA) is 55.1 Å². The lowest BCUT2D eigenvalue weighted by atomic mass is 10.1. The maximum absolute atomic E-state index is 11.2. The molecule has 72 valence electrons. The summed E-state index contributed by atoms with van der Waals surface area (Å²) < 4.78 is 0. The Kier molecular flexibility index (Phi) is 5.72. The predicted molar refractivity (Wildman–Crippen MR) is 50.7 cm³/mol. The minimum absolute atomic E-state index is 0.0292. The van der Waals surface area contributed by atoms with Gasteiger partial charge in [0.05, 0.1) is 6.04 Å². The highest BCUT2D eigenvalue weighted by Crippen LogP contribution is 1.97. The molecule has 0 aliphatic carbocycles. The van der Waals surface area contributed by atoms with E-state index in [2.05, 4.69) is 12.2 Å². The predicted octanol–water partition coefficient (Wildman–Crippen LogP) is 0.886. The summed E-state index contributed by atoms with van der Waals surface area (Å²) >= 11 is 0. The summed E-state index contributed by atoms with van der Waals surface area (Å²) in [5.41, 5.74) is 5.63. The molecule has 0 saturated carbocycles. The van der Waals surface area contributed by atoms with E-state index < -0.39 is 0 Å². The highest BCUT2D eigenvalue weighted by Gasteiger charge is 2.15. The van der Waals surface area contributed by atoms with Crippen LogP contribution in [0.4, 0.5) is 0 Å². The third kappa shape index (κ3) is 4.34. The fraction of sp³-hybridized carbons (Fsp3) is 0.889. The number of amides is 1. The van der Waals surface area contributed by atoms with Crippen molar-refractivity contribution < 1.29 is 4.79 Å². The molecule has 3 nitrogen and oxygen atoms in total. The van der Waals surface area contributed by atoms with E-state index in [-0.39, 0.29) is 17.9 Å². The van der Waals surface area contributed by atoms with Crippen molar-refractivity contribution in [3.63, 3.8) is 0 Å². The number of rotatable bonds is 5. The van der Waals surface area contributed by atoms with Crippen molar-refractivity contribution in [1.82, 2.24) is 5.32 Å². The molecule has 0 aliphatic heterocycles. The fourth-order valence-electron chi connectivity index (χ4n) is 0.809. The molecule has 3 heteroatoms. The van der Waals surface area contributed by atoms with E-state index in [1.807, 2.05) is 13.8 Å². The average molecular weight is 172 g/mol. The first kappa shape index (κ1) is 11.4. The Hall–Kier alpha value is -0.570. The van der Waals surface area contributed by atoms with Gasteiger partial charge in [-0.1, -0.05) is 27.2 Å². The minimum Gasteiger partial charge on any atom is -0.355 e. The zero-order valence-corrected chi connectivity index (χ0v) is 8.26. The van der Waals surface area contributed by atoms with Crippen LogP contribution >= 0.6 is 0 Å². The zero-order chi connectivity index (χ0) is 9.56. The van der Waals surface area contributed by atoms with Gasteiger partial charge in [-0.15, -0.1) is 0 Å². The Morgan fingerprint density at radius 3 is 2.50 bits per heavy atom. The maximum Gasteiger partial charge on any atom is 0.237 e. The molecule has 0 aromatic heterocycles. The smallest absolute Gasteiger partial charge is 0.237 e. The molecule has 12 heavy (non-hydrogen) atoms. The normalized spacial score (nSPS) is 13.1. The molecule has 0 heterocycles. The number of nitrogens with one attached hydrogen (secondary N) is 1. The van der Waals surface area contributed by atoms with E-state index >= 15 is 0 Å². The van der Waals surface area contributed by atoms with E-state index in [0.717, 1.165) is 19.4 Å². The first-order chi connectivity index (χ1) is 5.59. The molecular weight excluding hydrogens is 152 g/mol. The van der Waals surface area contributed by atoms with Crippen molar-refractivity contribution in [2.24, 2.45) is 11.7 Å². The van der Waals surface area contributed by atoms with Crippen LogP contribution < -0.4 is 11.1 Å². The maximum atomic E-state index is 11.2. The lowest BCUT2D eigenvalue weighted by Crippen LogP contribution is -2.44. The molecule has 0 saturated heterocycles. The van der Waals surface area contributed by atoms with Crippen molar-refractivity contribution in [2.75, 3.05) is 6.54 Å². The number of carbonyl (C=O) groups excluding carboxylic acids is 1. The summed E-state index contributed by atoms with van der Waals surface area (Å²) in [5.74, 6) is 0.185. The largest absolute Gasteiger partial charge is 0.355 e. The van der Waals surface area contributed by atoms with E-state index in [9.17, 15) is 4.79 Å². The Morgan fingerprint density at radius 1 is 1.50 bits per heavy atom. The summed E-state index contributed by atoms with van der Waals surface area (Å²) in [6.07, 6.45) is 2.12. The van der Waals surface area contributed by atoms with Gasteiger partial charge >= 0.3 is 0 Å². The molecule has 0 aromatic carbocycles. The minimum atomic E-state index is -0.359. The second-order valence-electron chi connectivity index (χ2n) is 3.41. The van der Waals surface area contributed by atoms with Gasteiger partial charge < -0.3 is 11.1 Å². The van der Waals surface area contributed by atoms with Gasteiger partial charge in [-0.05, 0) is 12.3 Å². The molecule has 1 amide bonds. The Balaban J connectivity index is 3.57. The summed E-state index contributed by atoms with van der Waals surface area (Å²) in [4.78, 5) is 11.2. The molecule has 1 unspecified atom stereocenters. The van der Waals surface area contributed by atoms with Crippen LogP contribution in [0.3, 0.4) is 0 Å². The quantitative estimate of drug-likeness (QED) is 0.605. The van der Waals surface area contributed by atoms with E-state index in [4.69, 9.17) is 5.73 Å². The lowest BCUT2D eigenvalue weighted by Gasteiger charge is -2.14. The average Bonchev–Trinajstić information content (AvgIpc) is 2.03. The third-order valence-corrected chi connectivity index (χ3v) is 1.85. The number of hydrogen-bond acceptors (Lipinski definition) is 2. The first-order valence-corrected chi connectivity index (χ1v) is 4.62. The van der Waals surface area contributed by atoms with Crippen molar-refractivity contribution in [2.45, 2.75) is 39.7 Å². The van der Waals surface area contributed by atoms with E-state index in [0.29, 0.717) is 0 Å². The van der Waals surface area contributed by atoms with Crippen LogP contribution in [0.15, 0.2) is 0 Å². The van der Waals surface area contributed by atoms with Crippen LogP contribution in [0.25, 0.3) is 0 Å². The van der Waals surface area contributed by atoms with Gasteiger partial charge in [0.25, 0.3) is 0 Å². The van der Waals surface area contributed by atoms with Gasteiger partial charge in [-0.25, -0.2) is 0 Å². The Morgan fingerprint density at radius 2 is 2.08 bits per heavy atom. The second kappa shape index (κ2) is 6.00. The first-order valence-electron chi connectivity index (χ1n) is 4.62. The SMILES string of the molecule is CCCCNC(=O)C(N)C(C)C. The Labute approximate surface area is 74.7 Å². The van der Waals surface area contributed by atoms with Crippen molar-refractivity contribution in [3.8, 4) is 0 Å². The number of hydrogen-bond donors (Lipinski definition) is 2. The Bertz CT molecular complexity index is 134. The molecule has 0 fully saturated rings. The molecule has 0 aromatic rings. The molecule has 0 rings (SSSR count). The van der Waals surface area contributed by atoms with Crippen LogP contribution in [0, 0.1) is 5.92 Å². The second-order valence-corrected chi connectivity index (χ2v) is 3.41. The molecule has 1 atom stereocenters. The van der Waals surface area contributed by atoms with Gasteiger partial charge in [0.2, 0.25) is 5.91 Å². The molecule has 0 aliphatic rings. The monoisotopic (exact) mass is 172 g/mol. The van der Waals surface area contributed by atoms with Crippen LogP contribution in [0.1, 0.15) is 33.6 Å². The van der Waals surface area contributed by atoms with Gasteiger partial charge in [-0.3, -0.25) is 4.79 Å². The zero-order valence-electron chi connectivity index (χ0n) is 8.26. The molecule has 0 spiro atoms. The molecule has 0 radical (unpaired) electrons. The van der Waals surface area contributed by atoms with Gasteiger partial charge in [0.15, 0.2) is 0 Å². The van der Waals surface area contributed by atoms with Crippen LogP contribution in [0.5, 0.6) is 0 Å². The number of unbranched alkanes of at least 4 members (excludes halogenated alkanes) is 1. The van der Waals surface area contributed by atoms with E-state index in [1.54, 1.807) is 0 Å². The van der Waals surface area contributed by atoms with Gasteiger partial charge in [-0.2, -0.15) is 0 Å². The third-order valence-electron chi connectivity index (χ3n) is 1.85.